The van der Waals surface area contributed by atoms with Crippen molar-refractivity contribution in [2.75, 3.05) is 26.6 Å². The minimum atomic E-state index is -0.126. The number of rotatable bonds is 7. The highest BCUT2D eigenvalue weighted by atomic mass is 16.7. The lowest BCUT2D eigenvalue weighted by Crippen LogP contribution is -2.44. The first kappa shape index (κ1) is 15.9. The number of nitrogens with one attached hydrogen (secondary N) is 1. The van der Waals surface area contributed by atoms with Gasteiger partial charge in [0.15, 0.2) is 0 Å². The molecule has 0 atom stereocenters. The smallest absolute Gasteiger partial charge is 0.243 e. The fraction of sp³-hybridized carbons (Fsp3) is 0.667. The monoisotopic (exact) mass is 267 g/mol. The number of unbranched alkanes of at least 4 members (excludes halogenated alkanes) is 2. The third-order valence-corrected chi connectivity index (χ3v) is 2.98. The molecule has 1 saturated heterocycles. The van der Waals surface area contributed by atoms with Gasteiger partial charge in [0.05, 0.1) is 13.2 Å². The van der Waals surface area contributed by atoms with Crippen LogP contribution in [0.1, 0.15) is 33.1 Å². The van der Waals surface area contributed by atoms with E-state index < -0.39 is 0 Å². The summed E-state index contributed by atoms with van der Waals surface area (Å²) in [6, 6.07) is 0. The SMILES string of the molecule is CCCC/C=C/C=C/C(=O)NCC1(C)COCOC1. The maximum absolute atomic E-state index is 11.6. The molecule has 1 rings (SSSR count). The minimum Gasteiger partial charge on any atom is -0.355 e. The summed E-state index contributed by atoms with van der Waals surface area (Å²) in [6.07, 6.45) is 10.8. The molecule has 1 aliphatic heterocycles. The Bertz CT molecular complexity index is 317. The molecule has 1 fully saturated rings. The molecule has 1 heterocycles. The number of ether oxygens (including phenoxy) is 2. The van der Waals surface area contributed by atoms with Crippen LogP contribution >= 0.6 is 0 Å². The van der Waals surface area contributed by atoms with Crippen LogP contribution in [0.3, 0.4) is 0 Å². The number of carbonyl (C=O) groups excluding carboxylic acids is 1. The zero-order valence-electron chi connectivity index (χ0n) is 12.0. The van der Waals surface area contributed by atoms with Gasteiger partial charge in [0.2, 0.25) is 5.91 Å². The summed E-state index contributed by atoms with van der Waals surface area (Å²) in [5.41, 5.74) is -0.126. The van der Waals surface area contributed by atoms with E-state index in [0.29, 0.717) is 26.6 Å². The predicted molar refractivity (Wildman–Crippen MR) is 75.7 cm³/mol. The molecule has 19 heavy (non-hydrogen) atoms. The van der Waals surface area contributed by atoms with Crippen LogP contribution in [0.4, 0.5) is 0 Å². The topological polar surface area (TPSA) is 47.6 Å². The highest BCUT2D eigenvalue weighted by molar-refractivity contribution is 5.87. The highest BCUT2D eigenvalue weighted by Crippen LogP contribution is 2.19. The van der Waals surface area contributed by atoms with Crippen LogP contribution in [0.2, 0.25) is 0 Å². The molecule has 1 amide bonds. The van der Waals surface area contributed by atoms with Crippen molar-refractivity contribution in [3.8, 4) is 0 Å². The molecule has 108 valence electrons. The molecule has 4 heteroatoms. The van der Waals surface area contributed by atoms with Crippen LogP contribution in [0.15, 0.2) is 24.3 Å². The zero-order chi connectivity index (χ0) is 14.0. The first-order valence-electron chi connectivity index (χ1n) is 6.93. The summed E-state index contributed by atoms with van der Waals surface area (Å²) >= 11 is 0. The first-order valence-corrected chi connectivity index (χ1v) is 6.93. The summed E-state index contributed by atoms with van der Waals surface area (Å²) in [7, 11) is 0. The predicted octanol–water partition coefficient (Wildman–Crippen LogP) is 2.42. The van der Waals surface area contributed by atoms with Crippen molar-refractivity contribution in [3.05, 3.63) is 24.3 Å². The van der Waals surface area contributed by atoms with Crippen molar-refractivity contribution >= 4 is 5.91 Å². The van der Waals surface area contributed by atoms with Crippen LogP contribution in [-0.4, -0.2) is 32.5 Å². The Morgan fingerprint density at radius 3 is 2.74 bits per heavy atom. The van der Waals surface area contributed by atoms with Gasteiger partial charge in [0.1, 0.15) is 6.79 Å². The standard InChI is InChI=1S/C15H25NO3/c1-3-4-5-6-7-8-9-14(17)16-10-15(2)11-18-13-19-12-15/h6-9H,3-5,10-13H2,1-2H3,(H,16,17)/b7-6+,9-8+. The van der Waals surface area contributed by atoms with Crippen LogP contribution in [0, 0.1) is 5.41 Å². The summed E-state index contributed by atoms with van der Waals surface area (Å²) < 4.78 is 10.5. The zero-order valence-corrected chi connectivity index (χ0v) is 12.0. The second-order valence-electron chi connectivity index (χ2n) is 5.27. The molecule has 0 unspecified atom stereocenters. The molecule has 4 nitrogen and oxygen atoms in total. The Kier molecular flexibility index (Phi) is 7.45. The molecule has 0 saturated carbocycles. The van der Waals surface area contributed by atoms with Gasteiger partial charge in [-0.05, 0) is 6.42 Å². The van der Waals surface area contributed by atoms with E-state index in [1.807, 2.05) is 13.0 Å². The van der Waals surface area contributed by atoms with E-state index in [9.17, 15) is 4.79 Å². The molecule has 0 bridgehead atoms. The summed E-state index contributed by atoms with van der Waals surface area (Å²) in [4.78, 5) is 11.6. The van der Waals surface area contributed by atoms with Gasteiger partial charge in [0, 0.05) is 18.0 Å². The van der Waals surface area contributed by atoms with Crippen LogP contribution < -0.4 is 5.32 Å². The second-order valence-corrected chi connectivity index (χ2v) is 5.27. The van der Waals surface area contributed by atoms with Crippen molar-refractivity contribution in [3.63, 3.8) is 0 Å². The lowest BCUT2D eigenvalue weighted by molar-refractivity contribution is -0.158. The molecule has 0 radical (unpaired) electrons. The third kappa shape index (κ3) is 7.13. The quantitative estimate of drug-likeness (QED) is 0.438. The van der Waals surface area contributed by atoms with E-state index in [4.69, 9.17) is 9.47 Å². The second kappa shape index (κ2) is 8.88. The number of hydrogen-bond acceptors (Lipinski definition) is 3. The van der Waals surface area contributed by atoms with Gasteiger partial charge in [-0.3, -0.25) is 4.79 Å². The largest absolute Gasteiger partial charge is 0.355 e. The molecular weight excluding hydrogens is 242 g/mol. The van der Waals surface area contributed by atoms with Crippen LogP contribution in [0.5, 0.6) is 0 Å². The number of amides is 1. The van der Waals surface area contributed by atoms with Gasteiger partial charge in [0.25, 0.3) is 0 Å². The first-order chi connectivity index (χ1) is 9.16. The molecule has 0 aromatic rings. The van der Waals surface area contributed by atoms with Crippen molar-refractivity contribution in [1.29, 1.82) is 0 Å². The molecule has 1 N–H and O–H groups in total. The molecule has 0 aromatic heterocycles. The molecule has 0 aliphatic carbocycles. The van der Waals surface area contributed by atoms with Gasteiger partial charge >= 0.3 is 0 Å². The van der Waals surface area contributed by atoms with Gasteiger partial charge in [-0.1, -0.05) is 44.9 Å². The maximum Gasteiger partial charge on any atom is 0.243 e. The van der Waals surface area contributed by atoms with Crippen LogP contribution in [-0.2, 0) is 14.3 Å². The normalized spacial score (nSPS) is 19.1. The Morgan fingerprint density at radius 2 is 2.05 bits per heavy atom. The Morgan fingerprint density at radius 1 is 1.32 bits per heavy atom. The number of allylic oxidation sites excluding steroid dienone is 3. The maximum atomic E-state index is 11.6. The summed E-state index contributed by atoms with van der Waals surface area (Å²) in [5, 5.41) is 2.88. The Labute approximate surface area is 115 Å². The lowest BCUT2D eigenvalue weighted by atomic mass is 9.92. The van der Waals surface area contributed by atoms with Gasteiger partial charge in [-0.15, -0.1) is 0 Å². The lowest BCUT2D eigenvalue weighted by Gasteiger charge is -2.32. The van der Waals surface area contributed by atoms with Gasteiger partial charge < -0.3 is 14.8 Å². The summed E-state index contributed by atoms with van der Waals surface area (Å²) in [6.45, 7) is 6.36. The van der Waals surface area contributed by atoms with E-state index >= 15 is 0 Å². The van der Waals surface area contributed by atoms with E-state index in [-0.39, 0.29) is 11.3 Å². The van der Waals surface area contributed by atoms with E-state index in [1.54, 1.807) is 12.2 Å². The minimum absolute atomic E-state index is 0.0769. The average molecular weight is 267 g/mol. The van der Waals surface area contributed by atoms with Gasteiger partial charge in [-0.2, -0.15) is 0 Å². The van der Waals surface area contributed by atoms with Crippen LogP contribution in [0.25, 0.3) is 0 Å². The fourth-order valence-electron chi connectivity index (χ4n) is 1.78. The summed E-state index contributed by atoms with van der Waals surface area (Å²) in [5.74, 6) is -0.0769. The van der Waals surface area contributed by atoms with Crippen molar-refractivity contribution in [2.45, 2.75) is 33.1 Å². The molecular formula is C15H25NO3. The van der Waals surface area contributed by atoms with Crippen molar-refractivity contribution in [1.82, 2.24) is 5.32 Å². The van der Waals surface area contributed by atoms with E-state index in [0.717, 1.165) is 6.42 Å². The van der Waals surface area contributed by atoms with Crippen molar-refractivity contribution in [2.24, 2.45) is 5.41 Å². The van der Waals surface area contributed by atoms with E-state index in [2.05, 4.69) is 18.3 Å². The molecule has 1 aliphatic rings. The van der Waals surface area contributed by atoms with E-state index in [1.165, 1.54) is 12.8 Å². The number of carbonyl (C=O) groups is 1. The molecule has 0 spiro atoms. The fourth-order valence-corrected chi connectivity index (χ4v) is 1.78. The number of hydrogen-bond donors (Lipinski definition) is 1. The highest BCUT2D eigenvalue weighted by Gasteiger charge is 2.28. The molecule has 0 aromatic carbocycles. The van der Waals surface area contributed by atoms with Gasteiger partial charge in [-0.25, -0.2) is 0 Å². The average Bonchev–Trinajstić information content (AvgIpc) is 2.41. The Balaban J connectivity index is 2.19. The van der Waals surface area contributed by atoms with Crippen molar-refractivity contribution < 1.29 is 14.3 Å². The Hall–Kier alpha value is -1.13. The third-order valence-electron chi connectivity index (χ3n) is 2.98.